The van der Waals surface area contributed by atoms with Gasteiger partial charge in [0.2, 0.25) is 0 Å². The van der Waals surface area contributed by atoms with Crippen molar-refractivity contribution >= 4 is 11.0 Å². The van der Waals surface area contributed by atoms with Crippen molar-refractivity contribution in [3.05, 3.63) is 64.7 Å². The first-order valence-corrected chi connectivity index (χ1v) is 6.98. The van der Waals surface area contributed by atoms with Gasteiger partial charge in [0, 0.05) is 16.8 Å². The van der Waals surface area contributed by atoms with E-state index in [0.29, 0.717) is 0 Å². The first-order chi connectivity index (χ1) is 10.1. The van der Waals surface area contributed by atoms with Crippen LogP contribution in [0.15, 0.2) is 40.8 Å². The number of nitrogens with zero attached hydrogens (tertiary/aromatic N) is 1. The average Bonchev–Trinajstić information content (AvgIpc) is 2.81. The van der Waals surface area contributed by atoms with E-state index in [1.165, 1.54) is 5.56 Å². The van der Waals surface area contributed by atoms with E-state index in [4.69, 9.17) is 10.3 Å². The van der Waals surface area contributed by atoms with Gasteiger partial charge in [-0.3, -0.25) is 10.8 Å². The van der Waals surface area contributed by atoms with Gasteiger partial charge in [-0.15, -0.1) is 0 Å². The largest absolute Gasteiger partial charge is 0.459 e. The fourth-order valence-electron chi connectivity index (χ4n) is 2.70. The first kappa shape index (κ1) is 13.8. The highest BCUT2D eigenvalue weighted by Gasteiger charge is 2.18. The molecule has 3 aromatic rings. The zero-order chi connectivity index (χ0) is 15.0. The van der Waals surface area contributed by atoms with Crippen LogP contribution in [0.2, 0.25) is 0 Å². The molecule has 0 amide bonds. The molecule has 0 radical (unpaired) electrons. The number of fused-ring (bicyclic) bond motifs is 1. The Bertz CT molecular complexity index is 772. The molecule has 1 aromatic carbocycles. The number of aromatic nitrogens is 1. The highest BCUT2D eigenvalue weighted by atomic mass is 16.3. The average molecular weight is 281 g/mol. The maximum atomic E-state index is 5.95. The number of furan rings is 1. The molecule has 3 rings (SSSR count). The van der Waals surface area contributed by atoms with Crippen LogP contribution in [-0.2, 0) is 0 Å². The minimum absolute atomic E-state index is 0.182. The zero-order valence-corrected chi connectivity index (χ0v) is 12.5. The number of hydrazine groups is 1. The van der Waals surface area contributed by atoms with E-state index in [9.17, 15) is 0 Å². The lowest BCUT2D eigenvalue weighted by Gasteiger charge is -2.14. The quantitative estimate of drug-likeness (QED) is 0.571. The summed E-state index contributed by atoms with van der Waals surface area (Å²) in [4.78, 5) is 4.40. The van der Waals surface area contributed by atoms with Crippen LogP contribution in [0.4, 0.5) is 0 Å². The van der Waals surface area contributed by atoms with E-state index in [1.807, 2.05) is 44.2 Å². The van der Waals surface area contributed by atoms with Gasteiger partial charge >= 0.3 is 0 Å². The van der Waals surface area contributed by atoms with Crippen LogP contribution < -0.4 is 11.3 Å². The topological polar surface area (TPSA) is 64.1 Å². The molecule has 0 aliphatic carbocycles. The summed E-state index contributed by atoms with van der Waals surface area (Å²) in [6.07, 6.45) is 0. The van der Waals surface area contributed by atoms with E-state index in [2.05, 4.69) is 23.4 Å². The summed E-state index contributed by atoms with van der Waals surface area (Å²) in [5.74, 6) is 6.57. The van der Waals surface area contributed by atoms with Crippen molar-refractivity contribution in [3.63, 3.8) is 0 Å². The van der Waals surface area contributed by atoms with E-state index in [1.54, 1.807) is 0 Å². The van der Waals surface area contributed by atoms with Gasteiger partial charge in [0.05, 0.1) is 0 Å². The van der Waals surface area contributed by atoms with Crippen LogP contribution in [0.25, 0.3) is 11.0 Å². The Kier molecular flexibility index (Phi) is 3.49. The van der Waals surface area contributed by atoms with E-state index in [0.717, 1.165) is 33.7 Å². The molecule has 2 heterocycles. The second-order valence-corrected chi connectivity index (χ2v) is 5.47. The lowest BCUT2D eigenvalue weighted by Crippen LogP contribution is -2.28. The summed E-state index contributed by atoms with van der Waals surface area (Å²) >= 11 is 0. The Labute approximate surface area is 124 Å². The van der Waals surface area contributed by atoms with Crippen LogP contribution in [0.3, 0.4) is 0 Å². The molecule has 1 unspecified atom stereocenters. The maximum absolute atomic E-state index is 5.95. The van der Waals surface area contributed by atoms with Crippen LogP contribution >= 0.6 is 0 Å². The summed E-state index contributed by atoms with van der Waals surface area (Å²) in [5.41, 5.74) is 7.92. The number of aryl methyl sites for hydroxylation is 3. The van der Waals surface area contributed by atoms with Gasteiger partial charge in [0.25, 0.3) is 0 Å². The molecule has 0 aliphatic rings. The predicted octanol–water partition coefficient (Wildman–Crippen LogP) is 3.31. The summed E-state index contributed by atoms with van der Waals surface area (Å²) in [7, 11) is 0. The smallest absolute Gasteiger partial charge is 0.134 e. The predicted molar refractivity (Wildman–Crippen MR) is 83.8 cm³/mol. The van der Waals surface area contributed by atoms with Crippen molar-refractivity contribution in [1.82, 2.24) is 10.4 Å². The highest BCUT2D eigenvalue weighted by molar-refractivity contribution is 5.78. The SMILES string of the molecule is Cc1ccc2oc(C(NN)c3cc(C)nc(C)c3)cc2c1. The second kappa shape index (κ2) is 5.31. The number of benzene rings is 1. The first-order valence-electron chi connectivity index (χ1n) is 6.98. The zero-order valence-electron chi connectivity index (χ0n) is 12.5. The number of rotatable bonds is 3. The Morgan fingerprint density at radius 3 is 2.43 bits per heavy atom. The second-order valence-electron chi connectivity index (χ2n) is 5.47. The van der Waals surface area contributed by atoms with E-state index in [-0.39, 0.29) is 6.04 Å². The molecule has 0 spiro atoms. The summed E-state index contributed by atoms with van der Waals surface area (Å²) in [6, 6.07) is 12.0. The molecule has 0 fully saturated rings. The van der Waals surface area contributed by atoms with Crippen molar-refractivity contribution in [1.29, 1.82) is 0 Å². The molecule has 2 aromatic heterocycles. The normalized spacial score (nSPS) is 12.8. The third kappa shape index (κ3) is 2.68. The minimum atomic E-state index is -0.182. The Hall–Kier alpha value is -2.17. The summed E-state index contributed by atoms with van der Waals surface area (Å²) in [5, 5.41) is 1.09. The molecule has 21 heavy (non-hydrogen) atoms. The van der Waals surface area contributed by atoms with Gasteiger partial charge in [-0.1, -0.05) is 11.6 Å². The third-order valence-electron chi connectivity index (χ3n) is 3.58. The molecule has 108 valence electrons. The van der Waals surface area contributed by atoms with Gasteiger partial charge < -0.3 is 4.42 Å². The monoisotopic (exact) mass is 281 g/mol. The lowest BCUT2D eigenvalue weighted by molar-refractivity contribution is 0.477. The molecule has 0 saturated heterocycles. The summed E-state index contributed by atoms with van der Waals surface area (Å²) in [6.45, 7) is 6.03. The fraction of sp³-hybridized carbons (Fsp3) is 0.235. The van der Waals surface area contributed by atoms with Gasteiger partial charge in [-0.05, 0) is 56.7 Å². The fourth-order valence-corrected chi connectivity index (χ4v) is 2.70. The maximum Gasteiger partial charge on any atom is 0.134 e. The van der Waals surface area contributed by atoms with Crippen LogP contribution in [0.5, 0.6) is 0 Å². The van der Waals surface area contributed by atoms with Gasteiger partial charge in [0.15, 0.2) is 0 Å². The van der Waals surface area contributed by atoms with Crippen molar-refractivity contribution in [2.75, 3.05) is 0 Å². The van der Waals surface area contributed by atoms with Gasteiger partial charge in [-0.25, -0.2) is 5.43 Å². The van der Waals surface area contributed by atoms with Crippen molar-refractivity contribution < 1.29 is 4.42 Å². The molecular weight excluding hydrogens is 262 g/mol. The Morgan fingerprint density at radius 1 is 1.05 bits per heavy atom. The van der Waals surface area contributed by atoms with E-state index >= 15 is 0 Å². The molecule has 4 nitrogen and oxygen atoms in total. The van der Waals surface area contributed by atoms with Crippen molar-refractivity contribution in [2.24, 2.45) is 5.84 Å². The molecule has 0 saturated carbocycles. The molecule has 1 atom stereocenters. The lowest BCUT2D eigenvalue weighted by atomic mass is 10.0. The van der Waals surface area contributed by atoms with Crippen LogP contribution in [-0.4, -0.2) is 4.98 Å². The molecular formula is C17H19N3O. The number of pyridine rings is 1. The number of nitrogens with two attached hydrogens (primary N) is 1. The number of hydrogen-bond acceptors (Lipinski definition) is 4. The summed E-state index contributed by atoms with van der Waals surface area (Å²) < 4.78 is 5.95. The molecule has 0 bridgehead atoms. The van der Waals surface area contributed by atoms with Gasteiger partial charge in [-0.2, -0.15) is 0 Å². The number of hydrogen-bond donors (Lipinski definition) is 2. The highest BCUT2D eigenvalue weighted by Crippen LogP contribution is 2.28. The molecule has 0 aliphatic heterocycles. The molecule has 4 heteroatoms. The van der Waals surface area contributed by atoms with Crippen LogP contribution in [0, 0.1) is 20.8 Å². The Balaban J connectivity index is 2.08. The standard InChI is InChI=1S/C17H19N3O/c1-10-4-5-15-13(6-10)9-16(21-15)17(20-18)14-7-11(2)19-12(3)8-14/h4-9,17,20H,18H2,1-3H3. The van der Waals surface area contributed by atoms with Crippen LogP contribution in [0.1, 0.15) is 34.3 Å². The van der Waals surface area contributed by atoms with E-state index < -0.39 is 0 Å². The molecule has 3 N–H and O–H groups in total. The third-order valence-corrected chi connectivity index (χ3v) is 3.58. The Morgan fingerprint density at radius 2 is 1.76 bits per heavy atom. The van der Waals surface area contributed by atoms with Crippen molar-refractivity contribution in [3.8, 4) is 0 Å². The number of nitrogens with one attached hydrogen (secondary N) is 1. The van der Waals surface area contributed by atoms with Gasteiger partial charge in [0.1, 0.15) is 17.4 Å². The van der Waals surface area contributed by atoms with Crippen molar-refractivity contribution in [2.45, 2.75) is 26.8 Å². The minimum Gasteiger partial charge on any atom is -0.459 e.